The Bertz CT molecular complexity index is 313. The molecule has 0 fully saturated rings. The highest BCUT2D eigenvalue weighted by Gasteiger charge is 2.21. The number of carboxylic acids is 1. The molecule has 1 amide bonds. The van der Waals surface area contributed by atoms with Gasteiger partial charge in [0, 0.05) is 0 Å². The maximum Gasteiger partial charge on any atom is 0.405 e. The molecule has 0 aliphatic carbocycles. The molecular weight excluding hydrogens is 234 g/mol. The maximum absolute atomic E-state index is 10.3. The van der Waals surface area contributed by atoms with Crippen LogP contribution in [0.4, 0.5) is 4.79 Å². The Balaban J connectivity index is 0. The number of amides is 1. The number of nitrogens with two attached hydrogens (primary N) is 1. The Morgan fingerprint density at radius 3 is 1.67 bits per heavy atom. The molecule has 106 valence electrons. The lowest BCUT2D eigenvalue weighted by atomic mass is 9.83. The first-order chi connectivity index (χ1) is 7.78. The fraction of sp³-hybridized carbons (Fsp3) is 0.692. The third-order valence-corrected chi connectivity index (χ3v) is 2.16. The highest BCUT2D eigenvalue weighted by molar-refractivity contribution is 5.68. The zero-order valence-electron chi connectivity index (χ0n) is 12.2. The zero-order valence-corrected chi connectivity index (χ0v) is 12.2. The predicted molar refractivity (Wildman–Crippen MR) is 71.3 cm³/mol. The highest BCUT2D eigenvalue weighted by atomic mass is 16.6. The van der Waals surface area contributed by atoms with Crippen LogP contribution >= 0.6 is 0 Å². The minimum Gasteiger partial charge on any atom is -0.481 e. The summed E-state index contributed by atoms with van der Waals surface area (Å²) in [5.41, 5.74) is 4.90. The molecule has 0 unspecified atom stereocenters. The van der Waals surface area contributed by atoms with Gasteiger partial charge in [-0.25, -0.2) is 4.79 Å². The van der Waals surface area contributed by atoms with Gasteiger partial charge in [0.05, 0.1) is 6.42 Å². The summed E-state index contributed by atoms with van der Waals surface area (Å²) in [4.78, 5) is 20.3. The molecule has 0 aromatic carbocycles. The maximum atomic E-state index is 10.3. The fourth-order valence-electron chi connectivity index (χ4n) is 0.831. The van der Waals surface area contributed by atoms with Crippen LogP contribution in [0.5, 0.6) is 0 Å². The molecule has 0 bridgehead atoms. The Morgan fingerprint density at radius 1 is 1.22 bits per heavy atom. The van der Waals surface area contributed by atoms with Crippen molar-refractivity contribution in [1.29, 1.82) is 0 Å². The zero-order chi connectivity index (χ0) is 15.1. The van der Waals surface area contributed by atoms with Crippen LogP contribution in [0.2, 0.25) is 0 Å². The molecule has 0 aromatic rings. The van der Waals surface area contributed by atoms with Crippen LogP contribution in [0.15, 0.2) is 12.2 Å². The van der Waals surface area contributed by atoms with Crippen molar-refractivity contribution >= 4 is 12.1 Å². The van der Waals surface area contributed by atoms with Gasteiger partial charge in [-0.15, -0.1) is 0 Å². The summed E-state index contributed by atoms with van der Waals surface area (Å²) in [5, 5.41) is 8.46. The van der Waals surface area contributed by atoms with E-state index in [4.69, 9.17) is 10.8 Å². The molecule has 0 saturated heterocycles. The van der Waals surface area contributed by atoms with Crippen LogP contribution in [-0.4, -0.2) is 22.8 Å². The third kappa shape index (κ3) is 12.5. The van der Waals surface area contributed by atoms with Crippen LogP contribution in [0.25, 0.3) is 0 Å². The lowest BCUT2D eigenvalue weighted by Gasteiger charge is -2.22. The molecule has 0 aliphatic rings. The van der Waals surface area contributed by atoms with Crippen molar-refractivity contribution in [3.05, 3.63) is 12.2 Å². The van der Waals surface area contributed by atoms with Gasteiger partial charge in [0.2, 0.25) is 0 Å². The van der Waals surface area contributed by atoms with E-state index in [9.17, 15) is 9.59 Å². The predicted octanol–water partition coefficient (Wildman–Crippen LogP) is 2.94. The summed E-state index contributed by atoms with van der Waals surface area (Å²) < 4.78 is 4.58. The molecule has 18 heavy (non-hydrogen) atoms. The van der Waals surface area contributed by atoms with Gasteiger partial charge in [-0.3, -0.25) is 4.79 Å². The van der Waals surface area contributed by atoms with Gasteiger partial charge in [-0.1, -0.05) is 26.0 Å². The topological polar surface area (TPSA) is 89.6 Å². The molecular formula is C13H25NO4. The first-order valence-electron chi connectivity index (χ1n) is 5.64. The van der Waals surface area contributed by atoms with Crippen molar-refractivity contribution in [3.63, 3.8) is 0 Å². The number of allylic oxidation sites excluding steroid dienone is 1. The Morgan fingerprint density at radius 2 is 1.61 bits per heavy atom. The van der Waals surface area contributed by atoms with E-state index in [1.54, 1.807) is 20.8 Å². The summed E-state index contributed by atoms with van der Waals surface area (Å²) in [6, 6.07) is 0. The Kier molecular flexibility index (Phi) is 7.36. The molecule has 0 aliphatic heterocycles. The number of carbonyl (C=O) groups excluding carboxylic acids is 1. The number of carbonyl (C=O) groups is 2. The van der Waals surface area contributed by atoms with E-state index in [-0.39, 0.29) is 11.8 Å². The monoisotopic (exact) mass is 259 g/mol. The molecule has 0 spiro atoms. The molecule has 0 atom stereocenters. The molecule has 0 rings (SSSR count). The molecule has 5 nitrogen and oxygen atoms in total. The first kappa shape index (κ1) is 18.8. The van der Waals surface area contributed by atoms with Crippen LogP contribution < -0.4 is 5.73 Å². The molecule has 0 radical (unpaired) electrons. The van der Waals surface area contributed by atoms with E-state index in [1.165, 1.54) is 0 Å². The summed E-state index contributed by atoms with van der Waals surface area (Å²) in [6.07, 6.45) is -0.569. The standard InChI is InChI=1S/C8H14O2.C5H11NO2/c1-6(2)8(3,4)5-7(9)10;1-5(2,3)8-4(6)7/h1,5H2,2-4H3,(H,9,10);1-3H3,(H2,6,7). The number of hydrogen-bond acceptors (Lipinski definition) is 3. The number of rotatable bonds is 3. The normalized spacial score (nSPS) is 11.0. The van der Waals surface area contributed by atoms with Crippen molar-refractivity contribution in [3.8, 4) is 0 Å². The lowest BCUT2D eigenvalue weighted by Crippen LogP contribution is -2.27. The highest BCUT2D eigenvalue weighted by Crippen LogP contribution is 2.27. The van der Waals surface area contributed by atoms with Gasteiger partial charge in [0.1, 0.15) is 5.60 Å². The SMILES string of the molecule is C=C(C)C(C)(C)CC(=O)O.CC(C)(C)OC(N)=O. The van der Waals surface area contributed by atoms with Gasteiger partial charge in [-0.05, 0) is 33.1 Å². The number of carboxylic acid groups (broad SMARTS) is 1. The summed E-state index contributed by atoms with van der Waals surface area (Å²) in [6.45, 7) is 14.6. The molecule has 0 heterocycles. The number of hydrogen-bond donors (Lipinski definition) is 2. The molecule has 3 N–H and O–H groups in total. The Hall–Kier alpha value is -1.52. The van der Waals surface area contributed by atoms with Crippen molar-refractivity contribution in [2.24, 2.45) is 11.1 Å². The molecule has 0 saturated carbocycles. The van der Waals surface area contributed by atoms with Gasteiger partial charge >= 0.3 is 12.1 Å². The van der Waals surface area contributed by atoms with Gasteiger partial charge < -0.3 is 15.6 Å². The minimum absolute atomic E-state index is 0.155. The number of primary amides is 1. The van der Waals surface area contributed by atoms with Crippen molar-refractivity contribution < 1.29 is 19.4 Å². The van der Waals surface area contributed by atoms with E-state index < -0.39 is 17.7 Å². The summed E-state index contributed by atoms with van der Waals surface area (Å²) in [7, 11) is 0. The second kappa shape index (κ2) is 7.03. The fourth-order valence-corrected chi connectivity index (χ4v) is 0.831. The van der Waals surface area contributed by atoms with Crippen molar-refractivity contribution in [2.75, 3.05) is 0 Å². The van der Waals surface area contributed by atoms with Crippen LogP contribution in [0.3, 0.4) is 0 Å². The second-order valence-electron chi connectivity index (χ2n) is 5.77. The van der Waals surface area contributed by atoms with Gasteiger partial charge in [0.25, 0.3) is 0 Å². The van der Waals surface area contributed by atoms with Crippen molar-refractivity contribution in [2.45, 2.75) is 53.6 Å². The van der Waals surface area contributed by atoms with E-state index in [0.29, 0.717) is 0 Å². The number of ether oxygens (including phenoxy) is 1. The largest absolute Gasteiger partial charge is 0.481 e. The van der Waals surface area contributed by atoms with Gasteiger partial charge in [0.15, 0.2) is 0 Å². The van der Waals surface area contributed by atoms with E-state index >= 15 is 0 Å². The Labute approximate surface area is 109 Å². The summed E-state index contributed by atoms with van der Waals surface area (Å²) >= 11 is 0. The summed E-state index contributed by atoms with van der Waals surface area (Å²) in [5.74, 6) is -0.770. The lowest BCUT2D eigenvalue weighted by molar-refractivity contribution is -0.138. The van der Waals surface area contributed by atoms with Crippen LogP contribution in [0, 0.1) is 5.41 Å². The van der Waals surface area contributed by atoms with Crippen LogP contribution in [-0.2, 0) is 9.53 Å². The van der Waals surface area contributed by atoms with Gasteiger partial charge in [-0.2, -0.15) is 0 Å². The average Bonchev–Trinajstić information content (AvgIpc) is 1.96. The molecule has 0 aromatic heterocycles. The van der Waals surface area contributed by atoms with E-state index in [1.807, 2.05) is 20.8 Å². The average molecular weight is 259 g/mol. The smallest absolute Gasteiger partial charge is 0.405 e. The first-order valence-corrected chi connectivity index (χ1v) is 5.64. The molecule has 5 heteroatoms. The number of aliphatic carboxylic acids is 1. The van der Waals surface area contributed by atoms with Crippen molar-refractivity contribution in [1.82, 2.24) is 0 Å². The third-order valence-electron chi connectivity index (χ3n) is 2.16. The van der Waals surface area contributed by atoms with E-state index in [2.05, 4.69) is 11.3 Å². The van der Waals surface area contributed by atoms with Crippen LogP contribution in [0.1, 0.15) is 48.0 Å². The van der Waals surface area contributed by atoms with E-state index in [0.717, 1.165) is 5.57 Å². The quantitative estimate of drug-likeness (QED) is 0.762. The minimum atomic E-state index is -0.770. The second-order valence-corrected chi connectivity index (χ2v) is 5.77.